The summed E-state index contributed by atoms with van der Waals surface area (Å²) >= 11 is 0. The van der Waals surface area contributed by atoms with Gasteiger partial charge in [0.25, 0.3) is 0 Å². The van der Waals surface area contributed by atoms with Gasteiger partial charge in [0.05, 0.1) is 44.6 Å². The molecule has 1 fully saturated rings. The summed E-state index contributed by atoms with van der Waals surface area (Å²) in [5, 5.41) is 2.58. The second-order valence-corrected chi connectivity index (χ2v) is 5.69. The lowest BCUT2D eigenvalue weighted by Crippen LogP contribution is -3.16. The Morgan fingerprint density at radius 1 is 1.36 bits per heavy atom. The van der Waals surface area contributed by atoms with Crippen LogP contribution in [0, 0.1) is 11.8 Å². The predicted octanol–water partition coefficient (Wildman–Crippen LogP) is -0.483. The lowest BCUT2D eigenvalue weighted by molar-refractivity contribution is -0.923. The van der Waals surface area contributed by atoms with Gasteiger partial charge in [0, 0.05) is 5.92 Å². The fraction of sp³-hybridized carbons (Fsp3) is 1.00. The number of piperidine rings is 1. The highest BCUT2D eigenvalue weighted by atomic mass is 15.2. The normalized spacial score (nSPS) is 39.0. The third-order valence-corrected chi connectivity index (χ3v) is 3.75. The number of hydrogen-bond donors (Lipinski definition) is 2. The average molecular weight is 200 g/mol. The maximum atomic E-state index is 2.58. The highest BCUT2D eigenvalue weighted by Crippen LogP contribution is 2.07. The molecule has 0 aliphatic carbocycles. The third-order valence-electron chi connectivity index (χ3n) is 3.75. The molecule has 0 aromatic carbocycles. The number of likely N-dealkylation sites (tertiary alicyclic amines) is 1. The van der Waals surface area contributed by atoms with Crippen LogP contribution in [0.5, 0.6) is 0 Å². The van der Waals surface area contributed by atoms with Crippen molar-refractivity contribution in [2.75, 3.05) is 20.1 Å². The molecule has 0 amide bonds. The Kier molecular flexibility index (Phi) is 4.39. The van der Waals surface area contributed by atoms with E-state index in [-0.39, 0.29) is 0 Å². The lowest BCUT2D eigenvalue weighted by Gasteiger charge is -2.35. The molecule has 0 radical (unpaired) electrons. The number of quaternary nitrogens is 2. The van der Waals surface area contributed by atoms with Gasteiger partial charge < -0.3 is 10.2 Å². The molecule has 1 aliphatic rings. The van der Waals surface area contributed by atoms with Crippen LogP contribution in [0.4, 0.5) is 0 Å². The van der Waals surface area contributed by atoms with Crippen molar-refractivity contribution in [1.82, 2.24) is 0 Å². The molecule has 0 aromatic heterocycles. The third kappa shape index (κ3) is 3.25. The molecule has 2 nitrogen and oxygen atoms in total. The molecule has 0 spiro atoms. The fourth-order valence-electron chi connectivity index (χ4n) is 2.48. The summed E-state index contributed by atoms with van der Waals surface area (Å²) < 4.78 is 0. The quantitative estimate of drug-likeness (QED) is 0.614. The zero-order chi connectivity index (χ0) is 10.7. The molecule has 0 saturated carbocycles. The average Bonchev–Trinajstić information content (AvgIpc) is 2.09. The van der Waals surface area contributed by atoms with Crippen molar-refractivity contribution < 1.29 is 10.2 Å². The summed E-state index contributed by atoms with van der Waals surface area (Å²) in [6.45, 7) is 12.1. The van der Waals surface area contributed by atoms with Crippen molar-refractivity contribution in [3.8, 4) is 0 Å². The number of rotatable bonds is 3. The van der Waals surface area contributed by atoms with Gasteiger partial charge in [-0.15, -0.1) is 0 Å². The van der Waals surface area contributed by atoms with Crippen molar-refractivity contribution in [3.63, 3.8) is 0 Å². The molecule has 3 N–H and O–H groups in total. The summed E-state index contributed by atoms with van der Waals surface area (Å²) in [5.74, 6) is 1.70. The van der Waals surface area contributed by atoms with Gasteiger partial charge in [-0.2, -0.15) is 0 Å². The molecule has 0 bridgehead atoms. The van der Waals surface area contributed by atoms with Gasteiger partial charge >= 0.3 is 0 Å². The standard InChI is InChI=1S/C12H26N2/c1-9(2)7-13-12-6-11(4)14(5)8-10(12)3/h9-13H,6-8H2,1-5H3/p+2/t10-,11+,12+/m1/s1. The Balaban J connectivity index is 2.37. The summed E-state index contributed by atoms with van der Waals surface area (Å²) in [5.41, 5.74) is 0. The van der Waals surface area contributed by atoms with E-state index in [1.165, 1.54) is 19.5 Å². The first-order valence-corrected chi connectivity index (χ1v) is 6.16. The van der Waals surface area contributed by atoms with Gasteiger partial charge in [-0.05, 0) is 6.92 Å². The topological polar surface area (TPSA) is 21.1 Å². The molecule has 0 aromatic rings. The van der Waals surface area contributed by atoms with Crippen LogP contribution in [0.3, 0.4) is 0 Å². The van der Waals surface area contributed by atoms with Gasteiger partial charge in [-0.25, -0.2) is 0 Å². The van der Waals surface area contributed by atoms with Gasteiger partial charge in [-0.1, -0.05) is 20.8 Å². The molecule has 4 atom stereocenters. The Morgan fingerprint density at radius 3 is 2.57 bits per heavy atom. The Morgan fingerprint density at radius 2 is 2.00 bits per heavy atom. The summed E-state index contributed by atoms with van der Waals surface area (Å²) in [6, 6.07) is 1.72. The van der Waals surface area contributed by atoms with E-state index in [4.69, 9.17) is 0 Å². The van der Waals surface area contributed by atoms with E-state index in [1.54, 1.807) is 4.90 Å². The maximum absolute atomic E-state index is 2.58. The van der Waals surface area contributed by atoms with Crippen LogP contribution in [0.25, 0.3) is 0 Å². The first kappa shape index (κ1) is 12.0. The molecular weight excluding hydrogens is 172 g/mol. The molecule has 1 unspecified atom stereocenters. The largest absolute Gasteiger partial charge is 0.343 e. The van der Waals surface area contributed by atoms with Gasteiger partial charge in [0.2, 0.25) is 0 Å². The number of nitrogens with one attached hydrogen (secondary N) is 1. The van der Waals surface area contributed by atoms with Crippen LogP contribution in [-0.4, -0.2) is 32.2 Å². The van der Waals surface area contributed by atoms with E-state index >= 15 is 0 Å². The van der Waals surface area contributed by atoms with E-state index in [0.29, 0.717) is 0 Å². The molecule has 1 heterocycles. The van der Waals surface area contributed by atoms with Gasteiger partial charge in [-0.3, -0.25) is 0 Å². The van der Waals surface area contributed by atoms with Crippen LogP contribution in [-0.2, 0) is 0 Å². The summed E-state index contributed by atoms with van der Waals surface area (Å²) in [6.07, 6.45) is 1.39. The predicted molar refractivity (Wildman–Crippen MR) is 60.4 cm³/mol. The van der Waals surface area contributed by atoms with Crippen LogP contribution >= 0.6 is 0 Å². The van der Waals surface area contributed by atoms with E-state index in [0.717, 1.165) is 23.9 Å². The van der Waals surface area contributed by atoms with Crippen LogP contribution in [0.2, 0.25) is 0 Å². The van der Waals surface area contributed by atoms with Crippen LogP contribution < -0.4 is 10.2 Å². The smallest absolute Gasteiger partial charge is 0.0996 e. The second kappa shape index (κ2) is 5.13. The minimum Gasteiger partial charge on any atom is -0.343 e. The van der Waals surface area contributed by atoms with Gasteiger partial charge in [0.15, 0.2) is 0 Å². The highest BCUT2D eigenvalue weighted by molar-refractivity contribution is 4.70. The fourth-order valence-corrected chi connectivity index (χ4v) is 2.48. The molecule has 1 rings (SSSR count). The van der Waals surface area contributed by atoms with Crippen molar-refractivity contribution in [2.45, 2.75) is 46.2 Å². The summed E-state index contributed by atoms with van der Waals surface area (Å²) in [7, 11) is 2.33. The molecule has 84 valence electrons. The van der Waals surface area contributed by atoms with E-state index in [1.807, 2.05) is 0 Å². The minimum absolute atomic E-state index is 0.824. The Labute approximate surface area is 89.1 Å². The van der Waals surface area contributed by atoms with Crippen LogP contribution in [0.1, 0.15) is 34.1 Å². The zero-order valence-electron chi connectivity index (χ0n) is 10.5. The van der Waals surface area contributed by atoms with Crippen molar-refractivity contribution >= 4 is 0 Å². The Bertz CT molecular complexity index is 168. The molecule has 1 saturated heterocycles. The first-order valence-electron chi connectivity index (χ1n) is 6.16. The monoisotopic (exact) mass is 200 g/mol. The van der Waals surface area contributed by atoms with E-state index in [2.05, 4.69) is 40.1 Å². The molecule has 2 heteroatoms. The molecule has 14 heavy (non-hydrogen) atoms. The second-order valence-electron chi connectivity index (χ2n) is 5.69. The maximum Gasteiger partial charge on any atom is 0.0996 e. The lowest BCUT2D eigenvalue weighted by atomic mass is 9.89. The van der Waals surface area contributed by atoms with Crippen LogP contribution in [0.15, 0.2) is 0 Å². The van der Waals surface area contributed by atoms with E-state index in [9.17, 15) is 0 Å². The van der Waals surface area contributed by atoms with Gasteiger partial charge in [0.1, 0.15) is 0 Å². The summed E-state index contributed by atoms with van der Waals surface area (Å²) in [4.78, 5) is 1.71. The van der Waals surface area contributed by atoms with Crippen molar-refractivity contribution in [3.05, 3.63) is 0 Å². The minimum atomic E-state index is 0.824. The first-order chi connectivity index (χ1) is 6.50. The molecule has 1 aliphatic heterocycles. The van der Waals surface area contributed by atoms with Crippen molar-refractivity contribution in [2.24, 2.45) is 11.8 Å². The zero-order valence-corrected chi connectivity index (χ0v) is 10.5. The number of hydrogen-bond acceptors (Lipinski definition) is 0. The van der Waals surface area contributed by atoms with Crippen molar-refractivity contribution in [1.29, 1.82) is 0 Å². The Hall–Kier alpha value is -0.0800. The van der Waals surface area contributed by atoms with E-state index < -0.39 is 0 Å². The SMILES string of the molecule is CC(C)C[NH2+][C@H]1C[C@H](C)[NH+](C)C[C@H]1C. The highest BCUT2D eigenvalue weighted by Gasteiger charge is 2.34. The number of nitrogens with two attached hydrogens (primary N) is 1. The molecular formula is C12H28N2+2.